The highest BCUT2D eigenvalue weighted by atomic mass is 31.2. The maximum atomic E-state index is 12.7. The van der Waals surface area contributed by atoms with Crippen molar-refractivity contribution in [3.05, 3.63) is 12.2 Å². The molecule has 0 radical (unpaired) electrons. The molecule has 9 nitrogen and oxygen atoms in total. The average molecular weight is 970 g/mol. The molecule has 0 spiro atoms. The van der Waals surface area contributed by atoms with E-state index in [4.69, 9.17) is 24.3 Å². The second-order valence-corrected chi connectivity index (χ2v) is 21.3. The molecule has 3 N–H and O–H groups in total. The third-order valence-corrected chi connectivity index (χ3v) is 14.1. The highest BCUT2D eigenvalue weighted by Gasteiger charge is 2.26. The van der Waals surface area contributed by atoms with E-state index in [9.17, 15) is 19.0 Å². The van der Waals surface area contributed by atoms with Gasteiger partial charge in [-0.3, -0.25) is 18.6 Å². The zero-order chi connectivity index (χ0) is 48.8. The van der Waals surface area contributed by atoms with Crippen LogP contribution >= 0.6 is 7.82 Å². The highest BCUT2D eigenvalue weighted by Crippen LogP contribution is 2.43. The van der Waals surface area contributed by atoms with Crippen LogP contribution in [0.2, 0.25) is 0 Å². The molecule has 0 fully saturated rings. The maximum absolute atomic E-state index is 12.7. The molecule has 10 heteroatoms. The van der Waals surface area contributed by atoms with Crippen LogP contribution in [0.1, 0.15) is 309 Å². The Bertz CT molecular complexity index is 1110. The van der Waals surface area contributed by atoms with E-state index in [0.717, 1.165) is 44.9 Å². The molecule has 0 saturated carbocycles. The number of carbonyl (C=O) groups excluding carboxylic acids is 2. The number of ether oxygens (including phenoxy) is 2. The van der Waals surface area contributed by atoms with Gasteiger partial charge < -0.3 is 20.1 Å². The van der Waals surface area contributed by atoms with Crippen molar-refractivity contribution in [2.24, 2.45) is 5.73 Å². The highest BCUT2D eigenvalue weighted by molar-refractivity contribution is 7.47. The second kappa shape index (κ2) is 54.1. The van der Waals surface area contributed by atoms with E-state index in [1.54, 1.807) is 0 Å². The van der Waals surface area contributed by atoms with Crippen LogP contribution in [0.3, 0.4) is 0 Å². The van der Waals surface area contributed by atoms with Crippen LogP contribution in [0.4, 0.5) is 0 Å². The Morgan fingerprint density at radius 3 is 1.06 bits per heavy atom. The van der Waals surface area contributed by atoms with Gasteiger partial charge in [0.1, 0.15) is 6.61 Å². The number of hydrogen-bond acceptors (Lipinski definition) is 8. The van der Waals surface area contributed by atoms with Crippen LogP contribution in [0, 0.1) is 0 Å². The summed E-state index contributed by atoms with van der Waals surface area (Å²) in [5, 5.41) is 0. The lowest BCUT2D eigenvalue weighted by molar-refractivity contribution is -0.161. The van der Waals surface area contributed by atoms with Gasteiger partial charge in [-0.05, 0) is 38.5 Å². The van der Waals surface area contributed by atoms with Crippen LogP contribution in [0.15, 0.2) is 12.2 Å². The van der Waals surface area contributed by atoms with Crippen molar-refractivity contribution in [3.8, 4) is 0 Å². The number of hydrogen-bond donors (Lipinski definition) is 2. The number of phosphoric acid groups is 1. The Morgan fingerprint density at radius 2 is 0.731 bits per heavy atom. The summed E-state index contributed by atoms with van der Waals surface area (Å²) < 4.78 is 33.0. The van der Waals surface area contributed by atoms with E-state index in [2.05, 4.69) is 26.0 Å². The molecule has 0 aromatic carbocycles. The van der Waals surface area contributed by atoms with E-state index < -0.39 is 26.5 Å². The summed E-state index contributed by atoms with van der Waals surface area (Å²) in [5.74, 6) is -0.814. The topological polar surface area (TPSA) is 134 Å². The summed E-state index contributed by atoms with van der Waals surface area (Å²) in [5.41, 5.74) is 5.38. The lowest BCUT2D eigenvalue weighted by Crippen LogP contribution is -2.29. The first-order chi connectivity index (χ1) is 32.8. The van der Waals surface area contributed by atoms with Crippen LogP contribution in [-0.4, -0.2) is 49.3 Å². The number of nitrogens with two attached hydrogens (primary N) is 1. The predicted octanol–water partition coefficient (Wildman–Crippen LogP) is 18.1. The van der Waals surface area contributed by atoms with Crippen molar-refractivity contribution in [2.75, 3.05) is 26.4 Å². The Balaban J connectivity index is 3.88. The summed E-state index contributed by atoms with van der Waals surface area (Å²) in [4.78, 5) is 35.1. The van der Waals surface area contributed by atoms with Crippen molar-refractivity contribution < 1.29 is 37.6 Å². The number of carbonyl (C=O) groups is 2. The molecule has 0 aliphatic heterocycles. The molecule has 0 amide bonds. The van der Waals surface area contributed by atoms with Crippen molar-refractivity contribution >= 4 is 19.8 Å². The van der Waals surface area contributed by atoms with Gasteiger partial charge >= 0.3 is 19.8 Å². The van der Waals surface area contributed by atoms with Gasteiger partial charge in [-0.1, -0.05) is 270 Å². The van der Waals surface area contributed by atoms with Crippen LogP contribution in [-0.2, 0) is 32.7 Å². The van der Waals surface area contributed by atoms with Crippen molar-refractivity contribution in [2.45, 2.75) is 315 Å². The molecule has 0 aliphatic rings. The molecule has 67 heavy (non-hydrogen) atoms. The lowest BCUT2D eigenvalue weighted by atomic mass is 10.0. The summed E-state index contributed by atoms with van der Waals surface area (Å²) in [6, 6.07) is 0. The van der Waals surface area contributed by atoms with Gasteiger partial charge in [0.2, 0.25) is 0 Å². The van der Waals surface area contributed by atoms with E-state index in [0.29, 0.717) is 6.42 Å². The number of phosphoric ester groups is 1. The minimum Gasteiger partial charge on any atom is -0.462 e. The normalized spacial score (nSPS) is 13.1. The Morgan fingerprint density at radius 1 is 0.433 bits per heavy atom. The standard InChI is InChI=1S/C57H112NO8P/c1-3-5-7-9-11-13-15-17-19-21-23-24-25-26-27-28-29-30-31-32-34-35-37-39-41-43-45-47-49-56(59)63-53-55(54-65-67(61,62)64-52-51-58)66-57(60)50-48-46-44-42-40-38-36-33-22-20-18-16-14-12-10-8-6-4-2/h20,22,55H,3-19,21,23-54,58H2,1-2H3,(H,61,62)/b22-20-. The second-order valence-electron chi connectivity index (χ2n) is 19.9. The largest absolute Gasteiger partial charge is 0.472 e. The third-order valence-electron chi connectivity index (χ3n) is 13.2. The number of rotatable bonds is 56. The first-order valence-corrected chi connectivity index (χ1v) is 30.7. The SMILES string of the molecule is CCCCCCCCC/C=C\CCCCCCCCCC(=O)OC(COC(=O)CCCCCCCCCCCCCCCCCCCCCCCCCCCCCC)COP(=O)(O)OCCN. The fourth-order valence-electron chi connectivity index (χ4n) is 8.81. The quantitative estimate of drug-likeness (QED) is 0.0264. The summed E-state index contributed by atoms with van der Waals surface area (Å²) in [6.45, 7) is 3.80. The molecule has 2 unspecified atom stereocenters. The van der Waals surface area contributed by atoms with Crippen molar-refractivity contribution in [3.63, 3.8) is 0 Å². The minimum atomic E-state index is -4.38. The summed E-state index contributed by atoms with van der Waals surface area (Å²) >= 11 is 0. The number of allylic oxidation sites excluding steroid dienone is 2. The maximum Gasteiger partial charge on any atom is 0.472 e. The zero-order valence-electron chi connectivity index (χ0n) is 44.4. The molecule has 0 aromatic rings. The molecule has 0 bridgehead atoms. The number of unbranched alkanes of at least 4 members (excludes halogenated alkanes) is 41. The Kier molecular flexibility index (Phi) is 53.1. The van der Waals surface area contributed by atoms with E-state index >= 15 is 0 Å². The van der Waals surface area contributed by atoms with Gasteiger partial charge in [0.25, 0.3) is 0 Å². The van der Waals surface area contributed by atoms with Gasteiger partial charge in [-0.15, -0.1) is 0 Å². The fourth-order valence-corrected chi connectivity index (χ4v) is 9.58. The first kappa shape index (κ1) is 65.8. The van der Waals surface area contributed by atoms with Crippen LogP contribution in [0.5, 0.6) is 0 Å². The van der Waals surface area contributed by atoms with Crippen molar-refractivity contribution in [1.82, 2.24) is 0 Å². The number of esters is 2. The molecule has 0 rings (SSSR count). The molecule has 0 aliphatic carbocycles. The molecule has 0 aromatic heterocycles. The van der Waals surface area contributed by atoms with Gasteiger partial charge in [-0.25, -0.2) is 4.57 Å². The fraction of sp³-hybridized carbons (Fsp3) is 0.930. The Hall–Kier alpha value is -1.25. The predicted molar refractivity (Wildman–Crippen MR) is 284 cm³/mol. The van der Waals surface area contributed by atoms with Crippen molar-refractivity contribution in [1.29, 1.82) is 0 Å². The van der Waals surface area contributed by atoms with Crippen LogP contribution in [0.25, 0.3) is 0 Å². The van der Waals surface area contributed by atoms with Gasteiger partial charge in [-0.2, -0.15) is 0 Å². The molecule has 2 atom stereocenters. The lowest BCUT2D eigenvalue weighted by Gasteiger charge is -2.19. The van der Waals surface area contributed by atoms with Gasteiger partial charge in [0, 0.05) is 19.4 Å². The van der Waals surface area contributed by atoms with Gasteiger partial charge in [0.05, 0.1) is 13.2 Å². The van der Waals surface area contributed by atoms with E-state index in [-0.39, 0.29) is 38.6 Å². The summed E-state index contributed by atoms with van der Waals surface area (Å²) in [7, 11) is -4.38. The minimum absolute atomic E-state index is 0.0559. The average Bonchev–Trinajstić information content (AvgIpc) is 3.32. The molecule has 0 heterocycles. The van der Waals surface area contributed by atoms with Crippen LogP contribution < -0.4 is 5.73 Å². The molecular formula is C57H112NO8P. The Labute approximate surface area is 415 Å². The zero-order valence-corrected chi connectivity index (χ0v) is 45.3. The molecular weight excluding hydrogens is 858 g/mol. The van der Waals surface area contributed by atoms with E-state index in [1.807, 2.05) is 0 Å². The first-order valence-electron chi connectivity index (χ1n) is 29.2. The molecule has 398 valence electrons. The molecule has 0 saturated heterocycles. The van der Waals surface area contributed by atoms with E-state index in [1.165, 1.54) is 231 Å². The smallest absolute Gasteiger partial charge is 0.462 e. The third kappa shape index (κ3) is 53.9. The monoisotopic (exact) mass is 970 g/mol. The van der Waals surface area contributed by atoms with Gasteiger partial charge in [0.15, 0.2) is 6.10 Å². The summed E-state index contributed by atoms with van der Waals surface area (Å²) in [6.07, 6.45) is 61.3.